The van der Waals surface area contributed by atoms with E-state index in [9.17, 15) is 0 Å². The SMILES string of the molecule is c1ccc2c(CN3CCC(n4ccnn4)C3)csc2c1. The van der Waals surface area contributed by atoms with Crippen LogP contribution in [0.5, 0.6) is 0 Å². The quantitative estimate of drug-likeness (QED) is 0.741. The van der Waals surface area contributed by atoms with Crippen LogP contribution in [0.15, 0.2) is 42.0 Å². The van der Waals surface area contributed by atoms with Crippen molar-refractivity contribution in [3.8, 4) is 0 Å². The molecular formula is C15H16N4S. The summed E-state index contributed by atoms with van der Waals surface area (Å²) in [6, 6.07) is 9.14. The van der Waals surface area contributed by atoms with Gasteiger partial charge in [-0.2, -0.15) is 0 Å². The van der Waals surface area contributed by atoms with Crippen molar-refractivity contribution in [2.75, 3.05) is 13.1 Å². The Hall–Kier alpha value is -1.72. The largest absolute Gasteiger partial charge is 0.297 e. The van der Waals surface area contributed by atoms with Crippen LogP contribution in [0.4, 0.5) is 0 Å². The monoisotopic (exact) mass is 284 g/mol. The van der Waals surface area contributed by atoms with E-state index >= 15 is 0 Å². The number of benzene rings is 1. The predicted octanol–water partition coefficient (Wildman–Crippen LogP) is 2.94. The smallest absolute Gasteiger partial charge is 0.0693 e. The number of hydrogen-bond acceptors (Lipinski definition) is 4. The van der Waals surface area contributed by atoms with Crippen molar-refractivity contribution in [1.82, 2.24) is 19.9 Å². The van der Waals surface area contributed by atoms with Gasteiger partial charge in [-0.1, -0.05) is 23.4 Å². The molecule has 102 valence electrons. The molecule has 3 heterocycles. The molecule has 0 amide bonds. The third-order valence-corrected chi connectivity index (χ3v) is 5.03. The molecule has 4 nitrogen and oxygen atoms in total. The van der Waals surface area contributed by atoms with Crippen LogP contribution in [-0.2, 0) is 6.54 Å². The average Bonchev–Trinajstić information content (AvgIpc) is 3.19. The Morgan fingerprint density at radius 3 is 3.15 bits per heavy atom. The van der Waals surface area contributed by atoms with E-state index in [2.05, 4.69) is 44.9 Å². The molecule has 1 saturated heterocycles. The first-order chi connectivity index (χ1) is 9.90. The van der Waals surface area contributed by atoms with Gasteiger partial charge in [-0.05, 0) is 28.8 Å². The van der Waals surface area contributed by atoms with Crippen LogP contribution >= 0.6 is 11.3 Å². The van der Waals surface area contributed by atoms with Crippen molar-refractivity contribution >= 4 is 21.4 Å². The van der Waals surface area contributed by atoms with Crippen LogP contribution in [0.25, 0.3) is 10.1 Å². The third-order valence-electron chi connectivity index (χ3n) is 4.02. The van der Waals surface area contributed by atoms with Crippen molar-refractivity contribution in [2.45, 2.75) is 19.0 Å². The fraction of sp³-hybridized carbons (Fsp3) is 0.333. The van der Waals surface area contributed by atoms with Gasteiger partial charge < -0.3 is 0 Å². The van der Waals surface area contributed by atoms with E-state index in [0.717, 1.165) is 26.1 Å². The second kappa shape index (κ2) is 5.00. The zero-order valence-corrected chi connectivity index (χ0v) is 12.0. The highest BCUT2D eigenvalue weighted by Gasteiger charge is 2.24. The third kappa shape index (κ3) is 2.13. The van der Waals surface area contributed by atoms with Crippen molar-refractivity contribution < 1.29 is 0 Å². The molecule has 0 N–H and O–H groups in total. The highest BCUT2D eigenvalue weighted by Crippen LogP contribution is 2.29. The standard InChI is InChI=1S/C15H16N4S/c1-2-4-15-14(3-1)12(11-20-15)9-18-7-5-13(10-18)19-8-6-16-17-19/h1-4,6,8,11,13H,5,7,9-10H2. The van der Waals surface area contributed by atoms with Gasteiger partial charge in [-0.15, -0.1) is 16.4 Å². The summed E-state index contributed by atoms with van der Waals surface area (Å²) in [5.74, 6) is 0. The molecule has 5 heteroatoms. The Morgan fingerprint density at radius 2 is 2.25 bits per heavy atom. The number of aromatic nitrogens is 3. The van der Waals surface area contributed by atoms with E-state index in [0.29, 0.717) is 6.04 Å². The number of rotatable bonds is 3. The summed E-state index contributed by atoms with van der Waals surface area (Å²) in [6.07, 6.45) is 4.88. The van der Waals surface area contributed by atoms with E-state index < -0.39 is 0 Å². The van der Waals surface area contributed by atoms with Crippen molar-refractivity contribution in [1.29, 1.82) is 0 Å². The van der Waals surface area contributed by atoms with Gasteiger partial charge in [-0.3, -0.25) is 4.90 Å². The van der Waals surface area contributed by atoms with Crippen LogP contribution < -0.4 is 0 Å². The lowest BCUT2D eigenvalue weighted by Crippen LogP contribution is -2.21. The highest BCUT2D eigenvalue weighted by molar-refractivity contribution is 7.17. The topological polar surface area (TPSA) is 34.0 Å². The average molecular weight is 284 g/mol. The van der Waals surface area contributed by atoms with E-state index in [1.54, 1.807) is 6.20 Å². The minimum atomic E-state index is 0.474. The molecule has 20 heavy (non-hydrogen) atoms. The molecular weight excluding hydrogens is 268 g/mol. The molecule has 0 aliphatic carbocycles. The molecule has 1 unspecified atom stereocenters. The fourth-order valence-electron chi connectivity index (χ4n) is 2.98. The summed E-state index contributed by atoms with van der Waals surface area (Å²) < 4.78 is 3.38. The number of thiophene rings is 1. The van der Waals surface area contributed by atoms with Crippen LogP contribution in [0.3, 0.4) is 0 Å². The molecule has 1 aromatic carbocycles. The molecule has 4 rings (SSSR count). The summed E-state index contributed by atoms with van der Waals surface area (Å²) >= 11 is 1.84. The zero-order chi connectivity index (χ0) is 13.4. The van der Waals surface area contributed by atoms with Crippen LogP contribution in [-0.4, -0.2) is 33.0 Å². The Balaban J connectivity index is 1.50. The molecule has 1 aliphatic rings. The Kier molecular flexibility index (Phi) is 3.01. The minimum Gasteiger partial charge on any atom is -0.297 e. The van der Waals surface area contributed by atoms with Gasteiger partial charge in [0.2, 0.25) is 0 Å². The minimum absolute atomic E-state index is 0.474. The van der Waals surface area contributed by atoms with Gasteiger partial charge in [-0.25, -0.2) is 4.68 Å². The van der Waals surface area contributed by atoms with Crippen molar-refractivity contribution in [3.63, 3.8) is 0 Å². The first-order valence-corrected chi connectivity index (χ1v) is 7.81. The first kappa shape index (κ1) is 12.1. The summed E-state index contributed by atoms with van der Waals surface area (Å²) in [6.45, 7) is 3.23. The second-order valence-corrected chi connectivity index (χ2v) is 6.23. The van der Waals surface area contributed by atoms with Crippen LogP contribution in [0, 0.1) is 0 Å². The molecule has 0 saturated carbocycles. The van der Waals surface area contributed by atoms with E-state index in [4.69, 9.17) is 0 Å². The maximum atomic E-state index is 4.12. The van der Waals surface area contributed by atoms with Gasteiger partial charge in [0.1, 0.15) is 0 Å². The van der Waals surface area contributed by atoms with Gasteiger partial charge in [0.25, 0.3) is 0 Å². The lowest BCUT2D eigenvalue weighted by molar-refractivity contribution is 0.312. The predicted molar refractivity (Wildman–Crippen MR) is 80.8 cm³/mol. The fourth-order valence-corrected chi connectivity index (χ4v) is 3.93. The van der Waals surface area contributed by atoms with E-state index in [1.165, 1.54) is 15.6 Å². The number of fused-ring (bicyclic) bond motifs is 1. The number of hydrogen-bond donors (Lipinski definition) is 0. The summed E-state index contributed by atoms with van der Waals surface area (Å²) in [5, 5.41) is 11.7. The molecule has 0 bridgehead atoms. The van der Waals surface area contributed by atoms with Gasteiger partial charge in [0.05, 0.1) is 12.2 Å². The normalized spacial score (nSPS) is 19.9. The Morgan fingerprint density at radius 1 is 1.30 bits per heavy atom. The van der Waals surface area contributed by atoms with E-state index in [1.807, 2.05) is 22.2 Å². The Bertz CT molecular complexity index is 704. The highest BCUT2D eigenvalue weighted by atomic mass is 32.1. The molecule has 1 aliphatic heterocycles. The van der Waals surface area contributed by atoms with Gasteiger partial charge in [0.15, 0.2) is 0 Å². The molecule has 1 fully saturated rings. The lowest BCUT2D eigenvalue weighted by atomic mass is 10.2. The van der Waals surface area contributed by atoms with Crippen molar-refractivity contribution in [2.24, 2.45) is 0 Å². The molecule has 1 atom stereocenters. The van der Waals surface area contributed by atoms with Crippen molar-refractivity contribution in [3.05, 3.63) is 47.6 Å². The lowest BCUT2D eigenvalue weighted by Gasteiger charge is -2.15. The van der Waals surface area contributed by atoms with Gasteiger partial charge in [0, 0.05) is 30.5 Å². The molecule has 3 aromatic rings. The maximum absolute atomic E-state index is 4.12. The van der Waals surface area contributed by atoms with E-state index in [-0.39, 0.29) is 0 Å². The molecule has 2 aromatic heterocycles. The maximum Gasteiger partial charge on any atom is 0.0693 e. The summed E-state index contributed by atoms with van der Waals surface area (Å²) in [7, 11) is 0. The summed E-state index contributed by atoms with van der Waals surface area (Å²) in [4.78, 5) is 2.51. The van der Waals surface area contributed by atoms with Crippen LogP contribution in [0.1, 0.15) is 18.0 Å². The van der Waals surface area contributed by atoms with Gasteiger partial charge >= 0.3 is 0 Å². The zero-order valence-electron chi connectivity index (χ0n) is 11.1. The first-order valence-electron chi connectivity index (χ1n) is 6.93. The number of nitrogens with zero attached hydrogens (tertiary/aromatic N) is 4. The molecule has 0 radical (unpaired) electrons. The number of likely N-dealkylation sites (tertiary alicyclic amines) is 1. The van der Waals surface area contributed by atoms with Crippen LogP contribution in [0.2, 0.25) is 0 Å². The summed E-state index contributed by atoms with van der Waals surface area (Å²) in [5.41, 5.74) is 1.45. The second-order valence-electron chi connectivity index (χ2n) is 5.32. The Labute approximate surface area is 121 Å². The molecule has 0 spiro atoms.